The van der Waals surface area contributed by atoms with Crippen LogP contribution < -0.4 is 33.6 Å². The Hall–Kier alpha value is -1.74. The number of hydrogen-bond acceptors (Lipinski definition) is 19. The van der Waals surface area contributed by atoms with Crippen molar-refractivity contribution in [2.24, 2.45) is 22.9 Å². The molecule has 19 N–H and O–H groups in total. The molecule has 0 spiro atoms. The molecule has 3 rings (SSSR count). The minimum atomic E-state index is -1.93. The molecule has 0 aromatic rings. The molecule has 6 unspecified atom stereocenters. The van der Waals surface area contributed by atoms with Crippen molar-refractivity contribution in [3.8, 4) is 0 Å². The third-order valence-electron chi connectivity index (χ3n) is 8.54. The molecule has 1 aliphatic carbocycles. The minimum Gasteiger partial charge on any atom is -0.394 e. The Bertz CT molecular complexity index is 928. The van der Waals surface area contributed by atoms with Crippen LogP contribution >= 0.6 is 0 Å². The summed E-state index contributed by atoms with van der Waals surface area (Å²) >= 11 is 0. The van der Waals surface area contributed by atoms with E-state index in [1.54, 1.807) is 0 Å². The molecule has 47 heavy (non-hydrogen) atoms. The van der Waals surface area contributed by atoms with E-state index in [1.807, 2.05) is 0 Å². The van der Waals surface area contributed by atoms with Crippen molar-refractivity contribution in [3.05, 3.63) is 0 Å². The van der Waals surface area contributed by atoms with Crippen LogP contribution in [0, 0.1) is 0 Å². The first-order valence-corrected chi connectivity index (χ1v) is 15.3. The minimum absolute atomic E-state index is 0.0611. The molecule has 3 aliphatic rings. The van der Waals surface area contributed by atoms with Crippen molar-refractivity contribution in [3.63, 3.8) is 0 Å². The summed E-state index contributed by atoms with van der Waals surface area (Å²) in [6.45, 7) is -1.18. The second kappa shape index (κ2) is 17.8. The lowest BCUT2D eigenvalue weighted by atomic mass is 9.82. The second-order valence-electron chi connectivity index (χ2n) is 11.9. The second-order valence-corrected chi connectivity index (χ2v) is 11.9. The zero-order valence-electron chi connectivity index (χ0n) is 25.5. The van der Waals surface area contributed by atoms with Crippen molar-refractivity contribution in [1.29, 1.82) is 0 Å². The molecule has 2 saturated heterocycles. The molecule has 0 aromatic heterocycles. The lowest BCUT2D eigenvalue weighted by Gasteiger charge is -2.49. The van der Waals surface area contributed by atoms with Gasteiger partial charge in [0.2, 0.25) is 11.8 Å². The van der Waals surface area contributed by atoms with Crippen molar-refractivity contribution in [1.82, 2.24) is 10.6 Å². The van der Waals surface area contributed by atoms with E-state index in [0.717, 1.165) is 0 Å². The maximum absolute atomic E-state index is 12.9. The van der Waals surface area contributed by atoms with Gasteiger partial charge in [-0.2, -0.15) is 0 Å². The molecule has 3 fully saturated rings. The van der Waals surface area contributed by atoms with Gasteiger partial charge in [0.1, 0.15) is 73.2 Å². The number of aliphatic hydroxyl groups is 9. The molecule has 2 amide bonds. The van der Waals surface area contributed by atoms with Gasteiger partial charge < -0.3 is 98.5 Å². The third kappa shape index (κ3) is 9.29. The fourth-order valence-corrected chi connectivity index (χ4v) is 5.74. The largest absolute Gasteiger partial charge is 0.394 e. The van der Waals surface area contributed by atoms with Crippen LogP contribution in [0.1, 0.15) is 19.3 Å². The Balaban J connectivity index is 2.00. The van der Waals surface area contributed by atoms with Crippen LogP contribution in [0.25, 0.3) is 0 Å². The van der Waals surface area contributed by atoms with E-state index >= 15 is 0 Å². The Morgan fingerprint density at radius 3 is 1.62 bits per heavy atom. The lowest BCUT2D eigenvalue weighted by molar-refractivity contribution is -0.333. The summed E-state index contributed by atoms with van der Waals surface area (Å²) in [4.78, 5) is 25.8. The van der Waals surface area contributed by atoms with Gasteiger partial charge in [-0.15, -0.1) is 0 Å². The van der Waals surface area contributed by atoms with Crippen molar-refractivity contribution in [2.75, 3.05) is 26.2 Å². The Morgan fingerprint density at radius 1 is 0.702 bits per heavy atom. The van der Waals surface area contributed by atoms with Gasteiger partial charge >= 0.3 is 0 Å². The van der Waals surface area contributed by atoms with Crippen molar-refractivity contribution in [2.45, 2.75) is 123 Å². The highest BCUT2D eigenvalue weighted by Crippen LogP contribution is 2.33. The number of rotatable bonds is 14. The molecule has 0 radical (unpaired) electrons. The molecule has 17 atom stereocenters. The average molecular weight is 687 g/mol. The number of ether oxygens (including phenoxy) is 4. The molecule has 1 saturated carbocycles. The topological polar surface area (TPSA) is 381 Å². The number of hydrogen-bond donors (Lipinski definition) is 15. The molecule has 21 nitrogen and oxygen atoms in total. The van der Waals surface area contributed by atoms with E-state index < -0.39 is 122 Å². The summed E-state index contributed by atoms with van der Waals surface area (Å²) in [6.07, 6.45) is -23.6. The molecular weight excluding hydrogens is 636 g/mol. The molecule has 0 aromatic carbocycles. The van der Waals surface area contributed by atoms with E-state index in [2.05, 4.69) is 10.6 Å². The predicted molar refractivity (Wildman–Crippen MR) is 155 cm³/mol. The van der Waals surface area contributed by atoms with Crippen molar-refractivity contribution >= 4 is 11.8 Å². The predicted octanol–water partition coefficient (Wildman–Crippen LogP) is -9.56. The molecular formula is C26H50N6O15. The quantitative estimate of drug-likeness (QED) is 0.0806. The first kappa shape index (κ1) is 39.7. The molecule has 2 aliphatic heterocycles. The van der Waals surface area contributed by atoms with Crippen molar-refractivity contribution < 1.29 is 74.5 Å². The van der Waals surface area contributed by atoms with Gasteiger partial charge in [0, 0.05) is 6.54 Å². The maximum atomic E-state index is 12.9. The Morgan fingerprint density at radius 2 is 1.17 bits per heavy atom. The number of nitrogens with two attached hydrogens (primary N) is 4. The number of nitrogens with one attached hydrogen (secondary N) is 2. The van der Waals surface area contributed by atoms with Crippen LogP contribution in [0.4, 0.5) is 0 Å². The third-order valence-corrected chi connectivity index (χ3v) is 8.54. The van der Waals surface area contributed by atoms with Crippen LogP contribution in [0.2, 0.25) is 0 Å². The molecule has 21 heteroatoms. The summed E-state index contributed by atoms with van der Waals surface area (Å²) in [5.41, 5.74) is 22.4. The highest BCUT2D eigenvalue weighted by molar-refractivity contribution is 5.81. The van der Waals surface area contributed by atoms with Crippen LogP contribution in [-0.2, 0) is 28.5 Å². The maximum Gasteiger partial charge on any atom is 0.249 e. The van der Waals surface area contributed by atoms with Gasteiger partial charge in [-0.25, -0.2) is 0 Å². The fourth-order valence-electron chi connectivity index (χ4n) is 5.74. The van der Waals surface area contributed by atoms with Gasteiger partial charge in [-0.1, -0.05) is 0 Å². The van der Waals surface area contributed by atoms with E-state index in [9.17, 15) is 55.5 Å². The Labute approximate surface area is 269 Å². The summed E-state index contributed by atoms with van der Waals surface area (Å²) in [7, 11) is 0. The van der Waals surface area contributed by atoms with Gasteiger partial charge in [0.05, 0.1) is 24.7 Å². The van der Waals surface area contributed by atoms with Crippen LogP contribution in [0.5, 0.6) is 0 Å². The van der Waals surface area contributed by atoms with Crippen LogP contribution in [0.15, 0.2) is 0 Å². The zero-order chi connectivity index (χ0) is 35.2. The standard InChI is InChI=1S/C26H50N6O15/c27-3-1-10(34)23(42)31-8-5-9(32-24(43)11(35)2-4-28)22(47-26-19(40)18(39)16(37)12(6-29)44-26)20(41)21(8)46-25-17(38)14(30)15(36)13(7-33)45-25/h8-22,25-26,33-41H,1-7,27-30H2,(H,31,42)(H,32,43)/t8-,9+,10+,11+,12?,13?,14?,15-,16-,17?,18?,19?,20-,21+,22-,25-,26+/m1/s1. The SMILES string of the molecule is NCC[C@H](O)C(=O)N[C@H]1C[C@@H](NC(=O)[C@@H](O)CCN)[C@H](O[C@H]2OC(CO)[C@@H](O)C(N)C2O)[C@@H](O)[C@@H]1O[C@@H]1OC(CN)[C@@H](O)C(O)C1O. The summed E-state index contributed by atoms with van der Waals surface area (Å²) in [6, 6.07) is -4.01. The summed E-state index contributed by atoms with van der Waals surface area (Å²) in [5, 5.41) is 99.2. The van der Waals surface area contributed by atoms with E-state index in [-0.39, 0.29) is 38.9 Å². The monoisotopic (exact) mass is 686 g/mol. The Kier molecular flexibility index (Phi) is 15.0. The molecule has 274 valence electrons. The molecule has 0 bridgehead atoms. The first-order valence-electron chi connectivity index (χ1n) is 15.3. The van der Waals surface area contributed by atoms with Gasteiger partial charge in [0.15, 0.2) is 12.6 Å². The summed E-state index contributed by atoms with van der Waals surface area (Å²) in [5.74, 6) is -1.90. The zero-order valence-corrected chi connectivity index (χ0v) is 25.5. The highest BCUT2D eigenvalue weighted by Gasteiger charge is 2.53. The fraction of sp³-hybridized carbons (Fsp3) is 0.923. The average Bonchev–Trinajstić information content (AvgIpc) is 3.04. The number of carbonyl (C=O) groups is 2. The lowest BCUT2D eigenvalue weighted by Crippen LogP contribution is -2.70. The van der Waals surface area contributed by atoms with Gasteiger partial charge in [0.25, 0.3) is 0 Å². The van der Waals surface area contributed by atoms with Crippen LogP contribution in [-0.4, -0.2) is 188 Å². The van der Waals surface area contributed by atoms with E-state index in [0.29, 0.717) is 0 Å². The smallest absolute Gasteiger partial charge is 0.249 e. The summed E-state index contributed by atoms with van der Waals surface area (Å²) < 4.78 is 22.8. The number of aliphatic hydroxyl groups excluding tert-OH is 9. The van der Waals surface area contributed by atoms with E-state index in [1.165, 1.54) is 0 Å². The van der Waals surface area contributed by atoms with Gasteiger partial charge in [-0.05, 0) is 32.4 Å². The van der Waals surface area contributed by atoms with Crippen LogP contribution in [0.3, 0.4) is 0 Å². The normalized spacial score (nSPS) is 42.4. The first-order chi connectivity index (χ1) is 22.2. The number of carbonyl (C=O) groups excluding carboxylic acids is 2. The van der Waals surface area contributed by atoms with E-state index in [4.69, 9.17) is 41.9 Å². The van der Waals surface area contributed by atoms with Gasteiger partial charge in [-0.3, -0.25) is 9.59 Å². The highest BCUT2D eigenvalue weighted by atomic mass is 16.7. The number of amides is 2. The molecule has 2 heterocycles.